The van der Waals surface area contributed by atoms with Crippen molar-refractivity contribution in [3.05, 3.63) is 59.7 Å². The standard InChI is InChI=1S/C17H19NO/c1-3-17(19)18-12-14-7-9-15(10-8-14)16-6-4-5-13(2)11-16/h4-11H,3,12H2,1-2H3,(H,18,19). The molecule has 0 saturated carbocycles. The molecule has 0 atom stereocenters. The van der Waals surface area contributed by atoms with E-state index in [4.69, 9.17) is 0 Å². The molecule has 0 fully saturated rings. The van der Waals surface area contributed by atoms with Crippen LogP contribution < -0.4 is 5.32 Å². The van der Waals surface area contributed by atoms with Gasteiger partial charge in [-0.1, -0.05) is 61.0 Å². The monoisotopic (exact) mass is 253 g/mol. The summed E-state index contributed by atoms with van der Waals surface area (Å²) in [4.78, 5) is 11.2. The van der Waals surface area contributed by atoms with E-state index in [1.807, 2.05) is 6.92 Å². The molecule has 2 heteroatoms. The Hall–Kier alpha value is -2.09. The summed E-state index contributed by atoms with van der Waals surface area (Å²) in [5.74, 6) is 0.0859. The lowest BCUT2D eigenvalue weighted by Crippen LogP contribution is -2.21. The molecular formula is C17H19NO. The number of hydrogen-bond acceptors (Lipinski definition) is 1. The minimum absolute atomic E-state index is 0.0859. The van der Waals surface area contributed by atoms with E-state index in [2.05, 4.69) is 60.8 Å². The van der Waals surface area contributed by atoms with Gasteiger partial charge in [-0.05, 0) is 23.6 Å². The molecule has 1 N–H and O–H groups in total. The highest BCUT2D eigenvalue weighted by atomic mass is 16.1. The van der Waals surface area contributed by atoms with Gasteiger partial charge in [-0.3, -0.25) is 4.79 Å². The Labute approximate surface area is 114 Å². The lowest BCUT2D eigenvalue weighted by molar-refractivity contribution is -0.120. The van der Waals surface area contributed by atoms with Crippen molar-refractivity contribution < 1.29 is 4.79 Å². The zero-order valence-corrected chi connectivity index (χ0v) is 11.4. The largest absolute Gasteiger partial charge is 0.352 e. The molecular weight excluding hydrogens is 234 g/mol. The topological polar surface area (TPSA) is 29.1 Å². The van der Waals surface area contributed by atoms with Crippen LogP contribution in [0.4, 0.5) is 0 Å². The quantitative estimate of drug-likeness (QED) is 0.884. The van der Waals surface area contributed by atoms with Gasteiger partial charge in [-0.2, -0.15) is 0 Å². The van der Waals surface area contributed by atoms with Crippen LogP contribution in [-0.4, -0.2) is 5.91 Å². The van der Waals surface area contributed by atoms with Crippen LogP contribution in [0.2, 0.25) is 0 Å². The van der Waals surface area contributed by atoms with Crippen molar-refractivity contribution in [2.45, 2.75) is 26.8 Å². The van der Waals surface area contributed by atoms with Gasteiger partial charge in [-0.15, -0.1) is 0 Å². The zero-order valence-electron chi connectivity index (χ0n) is 11.4. The first-order chi connectivity index (χ1) is 9.19. The molecule has 0 unspecified atom stereocenters. The number of carbonyl (C=O) groups is 1. The Balaban J connectivity index is 2.08. The summed E-state index contributed by atoms with van der Waals surface area (Å²) in [6.07, 6.45) is 0.529. The fraction of sp³-hybridized carbons (Fsp3) is 0.235. The highest BCUT2D eigenvalue weighted by molar-refractivity contribution is 5.75. The second-order valence-corrected chi connectivity index (χ2v) is 4.70. The molecule has 0 radical (unpaired) electrons. The molecule has 0 aliphatic heterocycles. The zero-order chi connectivity index (χ0) is 13.7. The molecule has 2 aromatic rings. The molecule has 19 heavy (non-hydrogen) atoms. The molecule has 0 spiro atoms. The SMILES string of the molecule is CCC(=O)NCc1ccc(-c2cccc(C)c2)cc1. The van der Waals surface area contributed by atoms with E-state index >= 15 is 0 Å². The average Bonchev–Trinajstić information content (AvgIpc) is 2.45. The van der Waals surface area contributed by atoms with E-state index in [-0.39, 0.29) is 5.91 Å². The van der Waals surface area contributed by atoms with Crippen LogP contribution in [0.3, 0.4) is 0 Å². The number of hydrogen-bond donors (Lipinski definition) is 1. The smallest absolute Gasteiger partial charge is 0.219 e. The van der Waals surface area contributed by atoms with Crippen LogP contribution in [-0.2, 0) is 11.3 Å². The van der Waals surface area contributed by atoms with Gasteiger partial charge in [0.25, 0.3) is 0 Å². The summed E-state index contributed by atoms with van der Waals surface area (Å²) in [6.45, 7) is 4.55. The molecule has 1 amide bonds. The number of benzene rings is 2. The van der Waals surface area contributed by atoms with Gasteiger partial charge in [0.2, 0.25) is 5.91 Å². The third-order valence-electron chi connectivity index (χ3n) is 3.12. The average molecular weight is 253 g/mol. The van der Waals surface area contributed by atoms with Gasteiger partial charge < -0.3 is 5.32 Å². The summed E-state index contributed by atoms with van der Waals surface area (Å²) in [7, 11) is 0. The Morgan fingerprint density at radius 3 is 2.42 bits per heavy atom. The normalized spacial score (nSPS) is 10.2. The van der Waals surface area contributed by atoms with Crippen LogP contribution in [0.25, 0.3) is 11.1 Å². The molecule has 0 aliphatic carbocycles. The first-order valence-electron chi connectivity index (χ1n) is 6.61. The van der Waals surface area contributed by atoms with Crippen LogP contribution in [0.15, 0.2) is 48.5 Å². The number of amides is 1. The van der Waals surface area contributed by atoms with Crippen molar-refractivity contribution in [1.29, 1.82) is 0 Å². The molecule has 0 saturated heterocycles. The third-order valence-corrected chi connectivity index (χ3v) is 3.12. The van der Waals surface area contributed by atoms with Gasteiger partial charge in [0, 0.05) is 13.0 Å². The van der Waals surface area contributed by atoms with Crippen molar-refractivity contribution in [3.8, 4) is 11.1 Å². The van der Waals surface area contributed by atoms with Crippen LogP contribution in [0.5, 0.6) is 0 Å². The maximum Gasteiger partial charge on any atom is 0.219 e. The van der Waals surface area contributed by atoms with E-state index in [9.17, 15) is 4.79 Å². The van der Waals surface area contributed by atoms with E-state index in [0.29, 0.717) is 13.0 Å². The van der Waals surface area contributed by atoms with Crippen LogP contribution in [0.1, 0.15) is 24.5 Å². The number of nitrogens with one attached hydrogen (secondary N) is 1. The number of rotatable bonds is 4. The summed E-state index contributed by atoms with van der Waals surface area (Å²) in [5, 5.41) is 2.88. The van der Waals surface area contributed by atoms with Gasteiger partial charge in [-0.25, -0.2) is 0 Å². The van der Waals surface area contributed by atoms with Crippen LogP contribution >= 0.6 is 0 Å². The molecule has 0 bridgehead atoms. The van der Waals surface area contributed by atoms with Crippen molar-refractivity contribution >= 4 is 5.91 Å². The van der Waals surface area contributed by atoms with Gasteiger partial charge in [0.05, 0.1) is 0 Å². The minimum atomic E-state index is 0.0859. The molecule has 2 aromatic carbocycles. The van der Waals surface area contributed by atoms with Crippen molar-refractivity contribution in [2.75, 3.05) is 0 Å². The van der Waals surface area contributed by atoms with Crippen molar-refractivity contribution in [3.63, 3.8) is 0 Å². The molecule has 98 valence electrons. The van der Waals surface area contributed by atoms with Crippen LogP contribution in [0, 0.1) is 6.92 Å². The number of carbonyl (C=O) groups excluding carboxylic acids is 1. The fourth-order valence-electron chi connectivity index (χ4n) is 1.97. The van der Waals surface area contributed by atoms with E-state index in [1.165, 1.54) is 16.7 Å². The number of aryl methyl sites for hydroxylation is 1. The first kappa shape index (κ1) is 13.3. The lowest BCUT2D eigenvalue weighted by atomic mass is 10.0. The van der Waals surface area contributed by atoms with Gasteiger partial charge >= 0.3 is 0 Å². The third kappa shape index (κ3) is 3.68. The Morgan fingerprint density at radius 1 is 1.05 bits per heavy atom. The van der Waals surface area contributed by atoms with Gasteiger partial charge in [0.15, 0.2) is 0 Å². The molecule has 0 aromatic heterocycles. The van der Waals surface area contributed by atoms with E-state index < -0.39 is 0 Å². The molecule has 0 aliphatic rings. The first-order valence-corrected chi connectivity index (χ1v) is 6.61. The second-order valence-electron chi connectivity index (χ2n) is 4.70. The highest BCUT2D eigenvalue weighted by Gasteiger charge is 2.00. The predicted molar refractivity (Wildman–Crippen MR) is 78.8 cm³/mol. The molecule has 0 heterocycles. The Kier molecular flexibility index (Phi) is 4.35. The Morgan fingerprint density at radius 2 is 1.79 bits per heavy atom. The fourth-order valence-corrected chi connectivity index (χ4v) is 1.97. The summed E-state index contributed by atoms with van der Waals surface area (Å²) >= 11 is 0. The summed E-state index contributed by atoms with van der Waals surface area (Å²) in [6, 6.07) is 16.8. The lowest BCUT2D eigenvalue weighted by Gasteiger charge is -2.06. The Bertz CT molecular complexity index is 558. The highest BCUT2D eigenvalue weighted by Crippen LogP contribution is 2.20. The molecule has 2 nitrogen and oxygen atoms in total. The van der Waals surface area contributed by atoms with E-state index in [1.54, 1.807) is 0 Å². The predicted octanol–water partition coefficient (Wildman–Crippen LogP) is 3.69. The van der Waals surface area contributed by atoms with Gasteiger partial charge in [0.1, 0.15) is 0 Å². The summed E-state index contributed by atoms with van der Waals surface area (Å²) < 4.78 is 0. The summed E-state index contributed by atoms with van der Waals surface area (Å²) in [5.41, 5.74) is 4.81. The maximum atomic E-state index is 11.2. The maximum absolute atomic E-state index is 11.2. The second kappa shape index (κ2) is 6.19. The van der Waals surface area contributed by atoms with Crippen molar-refractivity contribution in [2.24, 2.45) is 0 Å². The minimum Gasteiger partial charge on any atom is -0.352 e. The van der Waals surface area contributed by atoms with E-state index in [0.717, 1.165) is 5.56 Å². The van der Waals surface area contributed by atoms with Crippen molar-refractivity contribution in [1.82, 2.24) is 5.32 Å². The molecule has 2 rings (SSSR count).